The standard InChI is InChI=1S/C33H34N4O6/c1-42-29-18-25(14-17-28(29)43-21-22-8-4-2-5-9-22)31(36-26-15-12-24(13-16-26)32(34)35)33(41)37(19-30(39)40)27(20-38)23-10-6-3-7-11-23/h2-18,27,31,36,38H,19-21H2,1H3,(H3,34,35)(H,39,40)/t27-,31-/m0/s1. The zero-order valence-corrected chi connectivity index (χ0v) is 23.6. The second kappa shape index (κ2) is 14.5. The Morgan fingerprint density at radius 2 is 1.56 bits per heavy atom. The van der Waals surface area contributed by atoms with Crippen molar-refractivity contribution in [3.05, 3.63) is 125 Å². The smallest absolute Gasteiger partial charge is 0.323 e. The summed E-state index contributed by atoms with van der Waals surface area (Å²) in [5.74, 6) is -1.06. The maximum absolute atomic E-state index is 14.3. The molecule has 4 rings (SSSR count). The Morgan fingerprint density at radius 1 is 0.907 bits per heavy atom. The predicted molar refractivity (Wildman–Crippen MR) is 163 cm³/mol. The molecule has 0 bridgehead atoms. The third-order valence-corrected chi connectivity index (χ3v) is 6.83. The molecule has 6 N–H and O–H groups in total. The lowest BCUT2D eigenvalue weighted by Crippen LogP contribution is -2.44. The van der Waals surface area contributed by atoms with Gasteiger partial charge in [-0.25, -0.2) is 0 Å². The summed E-state index contributed by atoms with van der Waals surface area (Å²) in [6.45, 7) is -0.824. The molecule has 4 aromatic rings. The molecule has 0 aliphatic carbocycles. The normalized spacial score (nSPS) is 12.0. The number of carbonyl (C=O) groups is 2. The van der Waals surface area contributed by atoms with Crippen LogP contribution < -0.4 is 20.5 Å². The zero-order valence-electron chi connectivity index (χ0n) is 23.6. The van der Waals surface area contributed by atoms with Gasteiger partial charge in [0.25, 0.3) is 5.91 Å². The van der Waals surface area contributed by atoms with Crippen molar-refractivity contribution in [2.75, 3.05) is 25.6 Å². The molecule has 43 heavy (non-hydrogen) atoms. The van der Waals surface area contributed by atoms with Crippen LogP contribution in [0.15, 0.2) is 103 Å². The Kier molecular flexibility index (Phi) is 10.3. The fourth-order valence-electron chi connectivity index (χ4n) is 4.63. The Balaban J connectivity index is 1.73. The molecule has 0 fully saturated rings. The minimum absolute atomic E-state index is 0.101. The van der Waals surface area contributed by atoms with Crippen molar-refractivity contribution in [2.24, 2.45) is 5.73 Å². The van der Waals surface area contributed by atoms with Gasteiger partial charge in [0.15, 0.2) is 11.5 Å². The van der Waals surface area contributed by atoms with Gasteiger partial charge in [-0.05, 0) is 53.1 Å². The van der Waals surface area contributed by atoms with Crippen LogP contribution in [0.3, 0.4) is 0 Å². The lowest BCUT2D eigenvalue weighted by atomic mass is 10.0. The van der Waals surface area contributed by atoms with Crippen molar-refractivity contribution in [2.45, 2.75) is 18.7 Å². The molecule has 1 amide bonds. The number of carbonyl (C=O) groups excluding carboxylic acids is 1. The number of nitrogen functional groups attached to an aromatic ring is 1. The minimum atomic E-state index is -1.23. The molecule has 0 saturated carbocycles. The molecule has 0 saturated heterocycles. The van der Waals surface area contributed by atoms with E-state index < -0.39 is 37.1 Å². The average Bonchev–Trinajstić information content (AvgIpc) is 3.03. The predicted octanol–water partition coefficient (Wildman–Crippen LogP) is 4.36. The quantitative estimate of drug-likeness (QED) is 0.108. The van der Waals surface area contributed by atoms with E-state index in [4.69, 9.17) is 20.6 Å². The molecule has 2 atom stereocenters. The van der Waals surface area contributed by atoms with Crippen LogP contribution in [0.2, 0.25) is 0 Å². The van der Waals surface area contributed by atoms with Crippen molar-refractivity contribution in [1.29, 1.82) is 5.41 Å². The fourth-order valence-corrected chi connectivity index (χ4v) is 4.63. The van der Waals surface area contributed by atoms with Gasteiger partial charge in [0.05, 0.1) is 19.8 Å². The van der Waals surface area contributed by atoms with Crippen LogP contribution >= 0.6 is 0 Å². The van der Waals surface area contributed by atoms with E-state index in [0.29, 0.717) is 40.5 Å². The number of nitrogens with zero attached hydrogens (tertiary/aromatic N) is 1. The highest BCUT2D eigenvalue weighted by molar-refractivity contribution is 5.95. The molecule has 0 radical (unpaired) electrons. The van der Waals surface area contributed by atoms with E-state index in [2.05, 4.69) is 5.32 Å². The summed E-state index contributed by atoms with van der Waals surface area (Å²) in [5, 5.41) is 31.0. The zero-order chi connectivity index (χ0) is 30.8. The van der Waals surface area contributed by atoms with Crippen LogP contribution in [0.1, 0.15) is 34.3 Å². The molecular formula is C33H34N4O6. The van der Waals surface area contributed by atoms with Gasteiger partial charge >= 0.3 is 5.97 Å². The number of carboxylic acids is 1. The topological polar surface area (TPSA) is 158 Å². The number of amidine groups is 1. The molecule has 0 heterocycles. The minimum Gasteiger partial charge on any atom is -0.493 e. The summed E-state index contributed by atoms with van der Waals surface area (Å²) < 4.78 is 11.6. The van der Waals surface area contributed by atoms with Crippen LogP contribution in [0.4, 0.5) is 5.69 Å². The van der Waals surface area contributed by atoms with Crippen molar-refractivity contribution in [3.8, 4) is 11.5 Å². The lowest BCUT2D eigenvalue weighted by Gasteiger charge is -2.33. The number of hydrogen-bond acceptors (Lipinski definition) is 7. The number of benzene rings is 4. The summed E-state index contributed by atoms with van der Waals surface area (Å²) in [7, 11) is 1.49. The van der Waals surface area contributed by atoms with Gasteiger partial charge in [-0.15, -0.1) is 0 Å². The van der Waals surface area contributed by atoms with Gasteiger partial charge in [0.2, 0.25) is 0 Å². The van der Waals surface area contributed by atoms with Gasteiger partial charge < -0.3 is 35.6 Å². The number of ether oxygens (including phenoxy) is 2. The van der Waals surface area contributed by atoms with Crippen LogP contribution in [-0.2, 0) is 16.2 Å². The number of aliphatic hydroxyl groups is 1. The molecule has 4 aromatic carbocycles. The second-order valence-electron chi connectivity index (χ2n) is 9.72. The number of aliphatic hydroxyl groups excluding tert-OH is 1. The second-order valence-corrected chi connectivity index (χ2v) is 9.72. The van der Waals surface area contributed by atoms with Crippen molar-refractivity contribution in [1.82, 2.24) is 4.90 Å². The molecule has 0 spiro atoms. The number of amides is 1. The number of carboxylic acid groups (broad SMARTS) is 1. The summed E-state index contributed by atoms with van der Waals surface area (Å²) in [6, 6.07) is 28.1. The van der Waals surface area contributed by atoms with Crippen LogP contribution in [0.25, 0.3) is 0 Å². The Hall–Kier alpha value is -5.35. The number of aliphatic carboxylic acids is 1. The molecule has 222 valence electrons. The molecule has 0 aliphatic heterocycles. The molecule has 0 unspecified atom stereocenters. The monoisotopic (exact) mass is 582 g/mol. The van der Waals surface area contributed by atoms with E-state index in [1.165, 1.54) is 7.11 Å². The first-order valence-electron chi connectivity index (χ1n) is 13.5. The largest absolute Gasteiger partial charge is 0.493 e. The van der Waals surface area contributed by atoms with Gasteiger partial charge in [-0.3, -0.25) is 15.0 Å². The molecule has 10 nitrogen and oxygen atoms in total. The van der Waals surface area contributed by atoms with Gasteiger partial charge in [-0.2, -0.15) is 0 Å². The Labute approximate surface area is 249 Å². The van der Waals surface area contributed by atoms with E-state index in [9.17, 15) is 19.8 Å². The Bertz CT molecular complexity index is 1530. The van der Waals surface area contributed by atoms with Crippen molar-refractivity contribution < 1.29 is 29.3 Å². The third kappa shape index (κ3) is 7.90. The summed E-state index contributed by atoms with van der Waals surface area (Å²) in [4.78, 5) is 27.4. The molecular weight excluding hydrogens is 548 g/mol. The SMILES string of the molecule is COc1cc([C@H](Nc2ccc(C(=N)N)cc2)C(=O)N(CC(=O)O)[C@@H](CO)c2ccccc2)ccc1OCc1ccccc1. The molecule has 0 aliphatic rings. The van der Waals surface area contributed by atoms with Gasteiger partial charge in [0, 0.05) is 11.3 Å². The summed E-state index contributed by atoms with van der Waals surface area (Å²) >= 11 is 0. The number of anilines is 1. The van der Waals surface area contributed by atoms with Crippen LogP contribution in [0, 0.1) is 5.41 Å². The number of methoxy groups -OCH3 is 1. The van der Waals surface area contributed by atoms with Crippen molar-refractivity contribution in [3.63, 3.8) is 0 Å². The number of hydrogen-bond donors (Lipinski definition) is 5. The number of nitrogens with one attached hydrogen (secondary N) is 2. The number of nitrogens with two attached hydrogens (primary N) is 1. The number of rotatable bonds is 14. The maximum atomic E-state index is 14.3. The Morgan fingerprint density at radius 3 is 2.14 bits per heavy atom. The van der Waals surface area contributed by atoms with Crippen LogP contribution in [0.5, 0.6) is 11.5 Å². The van der Waals surface area contributed by atoms with E-state index in [0.717, 1.165) is 10.5 Å². The first kappa shape index (κ1) is 30.6. The fraction of sp³-hybridized carbons (Fsp3) is 0.182. The highest BCUT2D eigenvalue weighted by atomic mass is 16.5. The highest BCUT2D eigenvalue weighted by Crippen LogP contribution is 2.34. The summed E-state index contributed by atoms with van der Waals surface area (Å²) in [5.41, 5.74) is 8.67. The first-order chi connectivity index (χ1) is 20.8. The first-order valence-corrected chi connectivity index (χ1v) is 13.5. The molecule has 0 aromatic heterocycles. The lowest BCUT2D eigenvalue weighted by molar-refractivity contribution is -0.147. The highest BCUT2D eigenvalue weighted by Gasteiger charge is 2.33. The van der Waals surface area contributed by atoms with Crippen LogP contribution in [-0.4, -0.2) is 53.1 Å². The van der Waals surface area contributed by atoms with E-state index in [1.807, 2.05) is 30.3 Å². The molecule has 10 heteroatoms. The van der Waals surface area contributed by atoms with E-state index in [-0.39, 0.29) is 5.84 Å². The van der Waals surface area contributed by atoms with Gasteiger partial charge in [0.1, 0.15) is 25.0 Å². The summed E-state index contributed by atoms with van der Waals surface area (Å²) in [6.07, 6.45) is 0. The average molecular weight is 583 g/mol. The van der Waals surface area contributed by atoms with Gasteiger partial charge in [-0.1, -0.05) is 66.7 Å². The van der Waals surface area contributed by atoms with Crippen molar-refractivity contribution >= 4 is 23.4 Å². The van der Waals surface area contributed by atoms with E-state index in [1.54, 1.807) is 72.8 Å². The maximum Gasteiger partial charge on any atom is 0.323 e. The third-order valence-electron chi connectivity index (χ3n) is 6.83. The van der Waals surface area contributed by atoms with E-state index >= 15 is 0 Å².